The van der Waals surface area contributed by atoms with E-state index in [4.69, 9.17) is 15.6 Å². The van der Waals surface area contributed by atoms with Crippen molar-refractivity contribution >= 4 is 22.9 Å². The molecule has 0 atom stereocenters. The van der Waals surface area contributed by atoms with Crippen LogP contribution in [-0.2, 0) is 4.74 Å². The Balaban J connectivity index is 2.30. The molecule has 5 nitrogen and oxygen atoms in total. The molecular formula is C10H16N2O3S. The summed E-state index contributed by atoms with van der Waals surface area (Å²) in [4.78, 5) is 13.1. The summed E-state index contributed by atoms with van der Waals surface area (Å²) in [5.41, 5.74) is 6.30. The third-order valence-corrected chi connectivity index (χ3v) is 3.01. The van der Waals surface area contributed by atoms with Gasteiger partial charge in [0.1, 0.15) is 0 Å². The fourth-order valence-electron chi connectivity index (χ4n) is 1.10. The average Bonchev–Trinajstić information content (AvgIpc) is 2.59. The van der Waals surface area contributed by atoms with Crippen molar-refractivity contribution in [2.75, 3.05) is 32.1 Å². The topological polar surface area (TPSA) is 84.6 Å². The number of rotatable bonds is 6. The van der Waals surface area contributed by atoms with E-state index in [1.54, 1.807) is 6.07 Å². The summed E-state index contributed by atoms with van der Waals surface area (Å²) in [6, 6.07) is 1.67. The SMILES string of the molecule is Cc1sc(C(=O)NCCOCCO)cc1N. The number of anilines is 1. The van der Waals surface area contributed by atoms with Gasteiger partial charge in [0.25, 0.3) is 5.91 Å². The predicted octanol–water partition coefficient (Wildman–Crippen LogP) is 0.377. The van der Waals surface area contributed by atoms with Crippen LogP contribution in [0.3, 0.4) is 0 Å². The van der Waals surface area contributed by atoms with E-state index >= 15 is 0 Å². The Labute approximate surface area is 98.2 Å². The van der Waals surface area contributed by atoms with E-state index < -0.39 is 0 Å². The zero-order valence-corrected chi connectivity index (χ0v) is 9.97. The third-order valence-electron chi connectivity index (χ3n) is 1.95. The number of amides is 1. The van der Waals surface area contributed by atoms with Gasteiger partial charge in [-0.3, -0.25) is 4.79 Å². The van der Waals surface area contributed by atoms with Crippen LogP contribution in [-0.4, -0.2) is 37.4 Å². The van der Waals surface area contributed by atoms with Gasteiger partial charge in [-0.25, -0.2) is 0 Å². The minimum atomic E-state index is -0.141. The second-order valence-corrected chi connectivity index (χ2v) is 4.47. The summed E-state index contributed by atoms with van der Waals surface area (Å²) < 4.78 is 5.01. The number of carbonyl (C=O) groups is 1. The maximum atomic E-state index is 11.6. The molecule has 4 N–H and O–H groups in total. The van der Waals surface area contributed by atoms with Gasteiger partial charge >= 0.3 is 0 Å². The van der Waals surface area contributed by atoms with Crippen LogP contribution in [0.25, 0.3) is 0 Å². The lowest BCUT2D eigenvalue weighted by molar-refractivity contribution is 0.0840. The maximum Gasteiger partial charge on any atom is 0.261 e. The highest BCUT2D eigenvalue weighted by atomic mass is 32.1. The van der Waals surface area contributed by atoms with Gasteiger partial charge in [0.2, 0.25) is 0 Å². The van der Waals surface area contributed by atoms with Gasteiger partial charge in [0.05, 0.1) is 24.7 Å². The molecule has 0 aromatic carbocycles. The van der Waals surface area contributed by atoms with Crippen molar-refractivity contribution in [3.05, 3.63) is 15.8 Å². The number of hydrogen-bond acceptors (Lipinski definition) is 5. The van der Waals surface area contributed by atoms with E-state index in [0.717, 1.165) is 4.88 Å². The van der Waals surface area contributed by atoms with Crippen LogP contribution in [0.5, 0.6) is 0 Å². The van der Waals surface area contributed by atoms with E-state index in [-0.39, 0.29) is 12.5 Å². The zero-order chi connectivity index (χ0) is 12.0. The van der Waals surface area contributed by atoms with E-state index in [2.05, 4.69) is 5.32 Å². The largest absolute Gasteiger partial charge is 0.398 e. The van der Waals surface area contributed by atoms with Gasteiger partial charge in [0, 0.05) is 17.1 Å². The average molecular weight is 244 g/mol. The highest BCUT2D eigenvalue weighted by Gasteiger charge is 2.09. The number of nitrogens with one attached hydrogen (secondary N) is 1. The van der Waals surface area contributed by atoms with Crippen molar-refractivity contribution in [1.82, 2.24) is 5.32 Å². The van der Waals surface area contributed by atoms with Crippen LogP contribution in [0.2, 0.25) is 0 Å². The van der Waals surface area contributed by atoms with Crippen molar-refractivity contribution < 1.29 is 14.6 Å². The standard InChI is InChI=1S/C10H16N2O3S/c1-7-8(11)6-9(16-7)10(14)12-2-4-15-5-3-13/h6,13H,2-5,11H2,1H3,(H,12,14). The summed E-state index contributed by atoms with van der Waals surface area (Å²) in [5.74, 6) is -0.141. The molecule has 0 bridgehead atoms. The van der Waals surface area contributed by atoms with E-state index in [1.807, 2.05) is 6.92 Å². The normalized spacial score (nSPS) is 10.4. The summed E-state index contributed by atoms with van der Waals surface area (Å²) in [6.45, 7) is 2.98. The molecule has 1 rings (SSSR count). The highest BCUT2D eigenvalue weighted by molar-refractivity contribution is 7.14. The molecule has 0 radical (unpaired) electrons. The van der Waals surface area contributed by atoms with Crippen molar-refractivity contribution in [1.29, 1.82) is 0 Å². The van der Waals surface area contributed by atoms with Gasteiger partial charge in [-0.2, -0.15) is 0 Å². The molecule has 0 saturated heterocycles. The summed E-state index contributed by atoms with van der Waals surface area (Å²) in [7, 11) is 0. The molecule has 0 saturated carbocycles. The molecule has 16 heavy (non-hydrogen) atoms. The van der Waals surface area contributed by atoms with E-state index in [0.29, 0.717) is 30.3 Å². The second-order valence-electron chi connectivity index (χ2n) is 3.21. The number of carbonyl (C=O) groups excluding carboxylic acids is 1. The molecule has 1 heterocycles. The number of ether oxygens (including phenoxy) is 1. The first-order valence-corrected chi connectivity index (χ1v) is 5.79. The molecule has 0 aliphatic heterocycles. The minimum absolute atomic E-state index is 0.00536. The predicted molar refractivity (Wildman–Crippen MR) is 63.7 cm³/mol. The Morgan fingerprint density at radius 2 is 2.38 bits per heavy atom. The molecule has 1 aromatic rings. The summed E-state index contributed by atoms with van der Waals surface area (Å²) in [6.07, 6.45) is 0. The number of thiophene rings is 1. The fourth-order valence-corrected chi connectivity index (χ4v) is 1.96. The Morgan fingerprint density at radius 3 is 2.94 bits per heavy atom. The Kier molecular flexibility index (Phi) is 5.24. The number of aliphatic hydroxyl groups excluding tert-OH is 1. The lowest BCUT2D eigenvalue weighted by Gasteiger charge is -2.03. The van der Waals surface area contributed by atoms with E-state index in [1.165, 1.54) is 11.3 Å². The smallest absolute Gasteiger partial charge is 0.261 e. The lowest BCUT2D eigenvalue weighted by Crippen LogP contribution is -2.26. The van der Waals surface area contributed by atoms with Gasteiger partial charge in [-0.05, 0) is 13.0 Å². The quantitative estimate of drug-likeness (QED) is 0.631. The Bertz CT molecular complexity index is 332. The molecule has 0 unspecified atom stereocenters. The van der Waals surface area contributed by atoms with Gasteiger partial charge < -0.3 is 20.9 Å². The fraction of sp³-hybridized carbons (Fsp3) is 0.500. The Morgan fingerprint density at radius 1 is 1.62 bits per heavy atom. The first-order valence-electron chi connectivity index (χ1n) is 4.98. The first-order chi connectivity index (χ1) is 7.65. The van der Waals surface area contributed by atoms with Crippen LogP contribution in [0.15, 0.2) is 6.07 Å². The molecule has 1 aromatic heterocycles. The number of hydrogen-bond donors (Lipinski definition) is 3. The molecule has 6 heteroatoms. The number of nitrogens with two attached hydrogens (primary N) is 1. The van der Waals surface area contributed by atoms with Crippen molar-refractivity contribution in [2.45, 2.75) is 6.92 Å². The van der Waals surface area contributed by atoms with E-state index in [9.17, 15) is 4.79 Å². The number of aryl methyl sites for hydroxylation is 1. The molecular weight excluding hydrogens is 228 g/mol. The summed E-state index contributed by atoms with van der Waals surface area (Å²) >= 11 is 1.37. The zero-order valence-electron chi connectivity index (χ0n) is 9.16. The first kappa shape index (κ1) is 13.0. The van der Waals surface area contributed by atoms with Crippen LogP contribution < -0.4 is 11.1 Å². The molecule has 0 aliphatic carbocycles. The molecule has 0 spiro atoms. The van der Waals surface area contributed by atoms with Crippen molar-refractivity contribution in [3.63, 3.8) is 0 Å². The van der Waals surface area contributed by atoms with Crippen LogP contribution in [0.1, 0.15) is 14.5 Å². The lowest BCUT2D eigenvalue weighted by atomic mass is 10.3. The van der Waals surface area contributed by atoms with Gasteiger partial charge in [0.15, 0.2) is 0 Å². The van der Waals surface area contributed by atoms with Crippen LogP contribution >= 0.6 is 11.3 Å². The maximum absolute atomic E-state index is 11.6. The second kappa shape index (κ2) is 6.47. The molecule has 0 fully saturated rings. The van der Waals surface area contributed by atoms with Crippen LogP contribution in [0, 0.1) is 6.92 Å². The van der Waals surface area contributed by atoms with Crippen molar-refractivity contribution in [2.24, 2.45) is 0 Å². The third kappa shape index (κ3) is 3.80. The molecule has 1 amide bonds. The Hall–Kier alpha value is -1.11. The van der Waals surface area contributed by atoms with Gasteiger partial charge in [-0.1, -0.05) is 0 Å². The monoisotopic (exact) mass is 244 g/mol. The number of nitrogen functional groups attached to an aromatic ring is 1. The minimum Gasteiger partial charge on any atom is -0.398 e. The van der Waals surface area contributed by atoms with Crippen molar-refractivity contribution in [3.8, 4) is 0 Å². The molecule has 0 aliphatic rings. The summed E-state index contributed by atoms with van der Waals surface area (Å²) in [5, 5.41) is 11.2. The van der Waals surface area contributed by atoms with Gasteiger partial charge in [-0.15, -0.1) is 11.3 Å². The molecule has 90 valence electrons. The van der Waals surface area contributed by atoms with Crippen LogP contribution in [0.4, 0.5) is 5.69 Å². The highest BCUT2D eigenvalue weighted by Crippen LogP contribution is 2.22. The number of aliphatic hydroxyl groups is 1.